The normalized spacial score (nSPS) is 12.5. The van der Waals surface area contributed by atoms with Gasteiger partial charge in [-0.15, -0.1) is 0 Å². The van der Waals surface area contributed by atoms with Gasteiger partial charge in [0, 0.05) is 0 Å². The molecule has 0 saturated carbocycles. The Morgan fingerprint density at radius 1 is 0.955 bits per heavy atom. The lowest BCUT2D eigenvalue weighted by atomic mass is 10.1. The van der Waals surface area contributed by atoms with Crippen LogP contribution < -0.4 is 5.32 Å². The third-order valence-corrected chi connectivity index (χ3v) is 3.74. The molecule has 2 aromatic rings. The second-order valence-electron chi connectivity index (χ2n) is 5.39. The number of rotatable bonds is 2. The molecular weight excluding hydrogens is 270 g/mol. The van der Waals surface area contributed by atoms with E-state index < -0.39 is 0 Å². The van der Waals surface area contributed by atoms with Crippen LogP contribution in [0.3, 0.4) is 0 Å². The Morgan fingerprint density at radius 2 is 1.45 bits per heavy atom. The zero-order chi connectivity index (χ0) is 16.4. The molecule has 2 aromatic carbocycles. The van der Waals surface area contributed by atoms with Crippen LogP contribution in [0.25, 0.3) is 0 Å². The summed E-state index contributed by atoms with van der Waals surface area (Å²) in [4.78, 5) is 0. The Balaban J connectivity index is 0.000000211. The SMILES string of the molecule is CC.CNCC1Cc2ccccc2C1.Cc1ccccc1O. The lowest BCUT2D eigenvalue weighted by Crippen LogP contribution is -2.18. The van der Waals surface area contributed by atoms with Gasteiger partial charge in [0.1, 0.15) is 5.75 Å². The number of aromatic hydroxyl groups is 1. The van der Waals surface area contributed by atoms with Crippen LogP contribution in [0.1, 0.15) is 30.5 Å². The van der Waals surface area contributed by atoms with E-state index in [1.165, 1.54) is 12.8 Å². The molecule has 0 bridgehead atoms. The van der Waals surface area contributed by atoms with Crippen molar-refractivity contribution in [2.24, 2.45) is 5.92 Å². The molecule has 0 atom stereocenters. The molecule has 0 spiro atoms. The maximum absolute atomic E-state index is 8.92. The average Bonchev–Trinajstić information content (AvgIpc) is 2.96. The fourth-order valence-electron chi connectivity index (χ4n) is 2.65. The summed E-state index contributed by atoms with van der Waals surface area (Å²) in [5.74, 6) is 1.19. The van der Waals surface area contributed by atoms with Crippen molar-refractivity contribution in [3.05, 3.63) is 65.2 Å². The summed E-state index contributed by atoms with van der Waals surface area (Å²) in [6, 6.07) is 16.0. The van der Waals surface area contributed by atoms with E-state index in [9.17, 15) is 0 Å². The number of phenols is 1. The van der Waals surface area contributed by atoms with Gasteiger partial charge in [-0.3, -0.25) is 0 Å². The monoisotopic (exact) mass is 299 g/mol. The molecule has 3 rings (SSSR count). The van der Waals surface area contributed by atoms with Crippen molar-refractivity contribution in [2.75, 3.05) is 13.6 Å². The highest BCUT2D eigenvalue weighted by Crippen LogP contribution is 2.25. The second kappa shape index (κ2) is 10.0. The first-order valence-electron chi connectivity index (χ1n) is 8.16. The van der Waals surface area contributed by atoms with Crippen LogP contribution >= 0.6 is 0 Å². The van der Waals surface area contributed by atoms with Crippen molar-refractivity contribution in [3.8, 4) is 5.75 Å². The smallest absolute Gasteiger partial charge is 0.118 e. The van der Waals surface area contributed by atoms with E-state index in [4.69, 9.17) is 5.11 Å². The van der Waals surface area contributed by atoms with Crippen LogP contribution in [0.4, 0.5) is 0 Å². The maximum Gasteiger partial charge on any atom is 0.118 e. The topological polar surface area (TPSA) is 32.3 Å². The van der Waals surface area contributed by atoms with Gasteiger partial charge < -0.3 is 10.4 Å². The number of aryl methyl sites for hydroxylation is 1. The predicted octanol–water partition coefficient (Wildman–Crippen LogP) is 4.35. The van der Waals surface area contributed by atoms with Crippen LogP contribution in [0.15, 0.2) is 48.5 Å². The third kappa shape index (κ3) is 5.53. The molecule has 0 aromatic heterocycles. The van der Waals surface area contributed by atoms with E-state index in [1.807, 2.05) is 46.0 Å². The van der Waals surface area contributed by atoms with Gasteiger partial charge in [0.2, 0.25) is 0 Å². The van der Waals surface area contributed by atoms with Gasteiger partial charge in [-0.05, 0) is 62.0 Å². The molecule has 0 aliphatic heterocycles. The molecule has 2 N–H and O–H groups in total. The molecule has 2 heteroatoms. The first-order chi connectivity index (χ1) is 10.7. The van der Waals surface area contributed by atoms with Crippen molar-refractivity contribution >= 4 is 0 Å². The Hall–Kier alpha value is -1.80. The number of hydrogen-bond donors (Lipinski definition) is 2. The standard InChI is InChI=1S/C11H15N.C7H8O.C2H6/c1-12-8-9-6-10-4-2-3-5-11(10)7-9;1-6-4-2-3-5-7(6)8;1-2/h2-5,9,12H,6-8H2,1H3;2-5,8H,1H3;1-2H3. The van der Waals surface area contributed by atoms with Crippen molar-refractivity contribution in [2.45, 2.75) is 33.6 Å². The highest BCUT2D eigenvalue weighted by atomic mass is 16.3. The molecule has 2 nitrogen and oxygen atoms in total. The van der Waals surface area contributed by atoms with Gasteiger partial charge in [-0.1, -0.05) is 56.3 Å². The summed E-state index contributed by atoms with van der Waals surface area (Å²) in [7, 11) is 2.03. The molecule has 22 heavy (non-hydrogen) atoms. The van der Waals surface area contributed by atoms with Gasteiger partial charge in [0.15, 0.2) is 0 Å². The quantitative estimate of drug-likeness (QED) is 0.864. The van der Waals surface area contributed by atoms with Crippen LogP contribution in [0.2, 0.25) is 0 Å². The molecule has 0 heterocycles. The van der Waals surface area contributed by atoms with Gasteiger partial charge >= 0.3 is 0 Å². The number of para-hydroxylation sites is 1. The number of nitrogens with one attached hydrogen (secondary N) is 1. The molecule has 1 aliphatic carbocycles. The molecule has 120 valence electrons. The lowest BCUT2D eigenvalue weighted by molar-refractivity contribution is 0.471. The Kier molecular flexibility index (Phi) is 8.31. The minimum Gasteiger partial charge on any atom is -0.508 e. The number of hydrogen-bond acceptors (Lipinski definition) is 2. The molecular formula is C20H29NO. The van der Waals surface area contributed by atoms with E-state index in [0.717, 1.165) is 18.0 Å². The lowest BCUT2D eigenvalue weighted by Gasteiger charge is -2.05. The fourth-order valence-corrected chi connectivity index (χ4v) is 2.65. The largest absolute Gasteiger partial charge is 0.508 e. The Labute approximate surface area is 135 Å². The Bertz CT molecular complexity index is 505. The number of benzene rings is 2. The molecule has 1 aliphatic rings. The predicted molar refractivity (Wildman–Crippen MR) is 95.5 cm³/mol. The molecule has 0 unspecified atom stereocenters. The second-order valence-corrected chi connectivity index (χ2v) is 5.39. The number of fused-ring (bicyclic) bond motifs is 1. The first-order valence-corrected chi connectivity index (χ1v) is 8.16. The van der Waals surface area contributed by atoms with Gasteiger partial charge in [-0.2, -0.15) is 0 Å². The first kappa shape index (κ1) is 18.2. The average molecular weight is 299 g/mol. The van der Waals surface area contributed by atoms with E-state index >= 15 is 0 Å². The van der Waals surface area contributed by atoms with Crippen LogP contribution in [0, 0.1) is 12.8 Å². The van der Waals surface area contributed by atoms with E-state index in [-0.39, 0.29) is 0 Å². The molecule has 0 amide bonds. The summed E-state index contributed by atoms with van der Waals surface area (Å²) < 4.78 is 0. The van der Waals surface area contributed by atoms with E-state index in [0.29, 0.717) is 5.75 Å². The summed E-state index contributed by atoms with van der Waals surface area (Å²) in [6.45, 7) is 7.02. The highest BCUT2D eigenvalue weighted by Gasteiger charge is 2.19. The molecule has 0 fully saturated rings. The van der Waals surface area contributed by atoms with Gasteiger partial charge in [0.05, 0.1) is 0 Å². The Morgan fingerprint density at radius 3 is 1.86 bits per heavy atom. The zero-order valence-corrected chi connectivity index (χ0v) is 14.3. The summed E-state index contributed by atoms with van der Waals surface area (Å²) in [5, 5.41) is 12.2. The fraction of sp³-hybridized carbons (Fsp3) is 0.400. The van der Waals surface area contributed by atoms with Crippen LogP contribution in [-0.2, 0) is 12.8 Å². The summed E-state index contributed by atoms with van der Waals surface area (Å²) >= 11 is 0. The van der Waals surface area contributed by atoms with E-state index in [1.54, 1.807) is 17.2 Å². The molecule has 0 radical (unpaired) electrons. The summed E-state index contributed by atoms with van der Waals surface area (Å²) in [6.07, 6.45) is 2.52. The zero-order valence-electron chi connectivity index (χ0n) is 14.3. The van der Waals surface area contributed by atoms with E-state index in [2.05, 4.69) is 29.6 Å². The van der Waals surface area contributed by atoms with Crippen molar-refractivity contribution < 1.29 is 5.11 Å². The third-order valence-electron chi connectivity index (χ3n) is 3.74. The molecule has 0 saturated heterocycles. The highest BCUT2D eigenvalue weighted by molar-refractivity contribution is 5.32. The van der Waals surface area contributed by atoms with Crippen LogP contribution in [0.5, 0.6) is 5.75 Å². The van der Waals surface area contributed by atoms with Crippen molar-refractivity contribution in [1.29, 1.82) is 0 Å². The van der Waals surface area contributed by atoms with Gasteiger partial charge in [0.25, 0.3) is 0 Å². The number of phenolic OH excluding ortho intramolecular Hbond substituents is 1. The van der Waals surface area contributed by atoms with Gasteiger partial charge in [-0.25, -0.2) is 0 Å². The minimum absolute atomic E-state index is 0.368. The summed E-state index contributed by atoms with van der Waals surface area (Å²) in [5.41, 5.74) is 4.03. The van der Waals surface area contributed by atoms with Crippen molar-refractivity contribution in [3.63, 3.8) is 0 Å². The van der Waals surface area contributed by atoms with Crippen LogP contribution in [-0.4, -0.2) is 18.7 Å². The maximum atomic E-state index is 8.92. The van der Waals surface area contributed by atoms with Crippen molar-refractivity contribution in [1.82, 2.24) is 5.32 Å². The minimum atomic E-state index is 0.368.